The van der Waals surface area contributed by atoms with Gasteiger partial charge in [0.15, 0.2) is 0 Å². The molecule has 0 saturated carbocycles. The quantitative estimate of drug-likeness (QED) is 0.892. The van der Waals surface area contributed by atoms with E-state index in [0.29, 0.717) is 10.7 Å². The maximum atomic E-state index is 11.7. The van der Waals surface area contributed by atoms with Crippen molar-refractivity contribution in [2.24, 2.45) is 5.41 Å². The molecule has 1 aromatic rings. The lowest BCUT2D eigenvalue weighted by molar-refractivity contribution is -0.148. The molecule has 0 aliphatic rings. The molecule has 0 aromatic heterocycles. The molecule has 6 heteroatoms. The molecule has 0 spiro atoms. The largest absolute Gasteiger partial charge is 0.481 e. The lowest BCUT2D eigenvalue weighted by atomic mass is 9.89. The fourth-order valence-electron chi connectivity index (χ4n) is 1.27. The molecular formula is C12H13Cl2NO3. The zero-order chi connectivity index (χ0) is 13.9. The van der Waals surface area contributed by atoms with Gasteiger partial charge in [0.1, 0.15) is 0 Å². The number of nitrogens with one attached hydrogen (secondary N) is 1. The van der Waals surface area contributed by atoms with Gasteiger partial charge >= 0.3 is 5.97 Å². The Morgan fingerprint density at radius 1 is 1.33 bits per heavy atom. The monoisotopic (exact) mass is 289 g/mol. The van der Waals surface area contributed by atoms with E-state index in [-0.39, 0.29) is 11.4 Å². The normalized spacial score (nSPS) is 11.1. The Bertz CT molecular complexity index is 486. The van der Waals surface area contributed by atoms with E-state index in [1.54, 1.807) is 18.2 Å². The first-order valence-corrected chi connectivity index (χ1v) is 5.97. The summed E-state index contributed by atoms with van der Waals surface area (Å²) in [7, 11) is 0. The molecule has 0 aliphatic carbocycles. The molecule has 0 bridgehead atoms. The van der Waals surface area contributed by atoms with Gasteiger partial charge in [0.2, 0.25) is 5.91 Å². The number of amides is 1. The van der Waals surface area contributed by atoms with Crippen molar-refractivity contribution in [3.63, 3.8) is 0 Å². The number of hydrogen-bond acceptors (Lipinski definition) is 2. The molecule has 18 heavy (non-hydrogen) atoms. The van der Waals surface area contributed by atoms with E-state index >= 15 is 0 Å². The van der Waals surface area contributed by atoms with Gasteiger partial charge < -0.3 is 10.4 Å². The smallest absolute Gasteiger partial charge is 0.309 e. The van der Waals surface area contributed by atoms with E-state index in [1.807, 2.05) is 0 Å². The van der Waals surface area contributed by atoms with Crippen LogP contribution in [0.25, 0.3) is 0 Å². The van der Waals surface area contributed by atoms with Crippen LogP contribution in [-0.4, -0.2) is 17.0 Å². The van der Waals surface area contributed by atoms with E-state index < -0.39 is 17.3 Å². The Hall–Kier alpha value is -1.26. The summed E-state index contributed by atoms with van der Waals surface area (Å²) >= 11 is 11.7. The minimum atomic E-state index is -1.13. The standard InChI is InChI=1S/C12H13Cl2NO3/c1-12(2,11(17)18)6-9(16)15-8-5-3-4-7(13)10(8)14/h3-5H,6H2,1-2H3,(H,15,16)(H,17,18). The lowest BCUT2D eigenvalue weighted by Gasteiger charge is -2.18. The topological polar surface area (TPSA) is 66.4 Å². The number of carbonyl (C=O) groups is 2. The molecule has 1 rings (SSSR count). The molecule has 0 heterocycles. The summed E-state index contributed by atoms with van der Waals surface area (Å²) in [6.45, 7) is 2.96. The van der Waals surface area contributed by atoms with Crippen molar-refractivity contribution in [2.75, 3.05) is 5.32 Å². The first-order chi connectivity index (χ1) is 8.24. The third-order valence-electron chi connectivity index (χ3n) is 2.41. The molecule has 2 N–H and O–H groups in total. The number of rotatable bonds is 4. The highest BCUT2D eigenvalue weighted by molar-refractivity contribution is 6.43. The number of carbonyl (C=O) groups excluding carboxylic acids is 1. The summed E-state index contributed by atoms with van der Waals surface area (Å²) in [5.74, 6) is -1.46. The summed E-state index contributed by atoms with van der Waals surface area (Å²) in [4.78, 5) is 22.6. The van der Waals surface area contributed by atoms with Crippen molar-refractivity contribution in [1.82, 2.24) is 0 Å². The van der Waals surface area contributed by atoms with E-state index in [1.165, 1.54) is 13.8 Å². The van der Waals surface area contributed by atoms with Crippen LogP contribution >= 0.6 is 23.2 Å². The predicted octanol–water partition coefficient (Wildman–Crippen LogP) is 3.43. The van der Waals surface area contributed by atoms with E-state index in [0.717, 1.165) is 0 Å². The third-order valence-corrected chi connectivity index (χ3v) is 3.23. The number of aliphatic carboxylic acids is 1. The number of carboxylic acid groups (broad SMARTS) is 1. The second kappa shape index (κ2) is 5.59. The van der Waals surface area contributed by atoms with Gasteiger partial charge in [-0.2, -0.15) is 0 Å². The zero-order valence-corrected chi connectivity index (χ0v) is 11.5. The van der Waals surface area contributed by atoms with E-state index in [2.05, 4.69) is 5.32 Å². The molecule has 98 valence electrons. The molecular weight excluding hydrogens is 277 g/mol. The molecule has 0 radical (unpaired) electrons. The molecule has 1 aromatic carbocycles. The number of benzene rings is 1. The van der Waals surface area contributed by atoms with Gasteiger partial charge in [0, 0.05) is 6.42 Å². The Balaban J connectivity index is 2.77. The fourth-order valence-corrected chi connectivity index (χ4v) is 1.62. The summed E-state index contributed by atoms with van der Waals surface area (Å²) in [5.41, 5.74) is -0.759. The van der Waals surface area contributed by atoms with Gasteiger partial charge in [-0.15, -0.1) is 0 Å². The van der Waals surface area contributed by atoms with Crippen LogP contribution in [0.1, 0.15) is 20.3 Å². The summed E-state index contributed by atoms with van der Waals surface area (Å²) < 4.78 is 0. The van der Waals surface area contributed by atoms with Crippen LogP contribution in [0.4, 0.5) is 5.69 Å². The van der Waals surface area contributed by atoms with Gasteiger partial charge in [-0.25, -0.2) is 0 Å². The molecule has 0 saturated heterocycles. The minimum Gasteiger partial charge on any atom is -0.481 e. The van der Waals surface area contributed by atoms with Crippen LogP contribution in [0.2, 0.25) is 10.0 Å². The maximum Gasteiger partial charge on any atom is 0.309 e. The van der Waals surface area contributed by atoms with Crippen LogP contribution in [-0.2, 0) is 9.59 Å². The molecule has 1 amide bonds. The summed E-state index contributed by atoms with van der Waals surface area (Å²) in [6, 6.07) is 4.84. The Morgan fingerprint density at radius 2 is 1.94 bits per heavy atom. The number of halogens is 2. The van der Waals surface area contributed by atoms with Crippen LogP contribution in [0.5, 0.6) is 0 Å². The van der Waals surface area contributed by atoms with Crippen LogP contribution in [0.3, 0.4) is 0 Å². The van der Waals surface area contributed by atoms with E-state index in [9.17, 15) is 9.59 Å². The summed E-state index contributed by atoms with van der Waals surface area (Å²) in [5, 5.41) is 12.0. The zero-order valence-electron chi connectivity index (χ0n) is 9.96. The predicted molar refractivity (Wildman–Crippen MR) is 71.1 cm³/mol. The van der Waals surface area contributed by atoms with Crippen molar-refractivity contribution in [3.8, 4) is 0 Å². The second-order valence-electron chi connectivity index (χ2n) is 4.52. The highest BCUT2D eigenvalue weighted by Crippen LogP contribution is 2.30. The van der Waals surface area contributed by atoms with Gasteiger partial charge in [-0.05, 0) is 26.0 Å². The number of hydrogen-bond donors (Lipinski definition) is 2. The average Bonchev–Trinajstić information content (AvgIpc) is 2.23. The minimum absolute atomic E-state index is 0.148. The van der Waals surface area contributed by atoms with Crippen molar-refractivity contribution in [1.29, 1.82) is 0 Å². The summed E-state index contributed by atoms with van der Waals surface area (Å²) in [6.07, 6.45) is -0.148. The number of carboxylic acids is 1. The SMILES string of the molecule is CC(C)(CC(=O)Nc1cccc(Cl)c1Cl)C(=O)O. The first kappa shape index (κ1) is 14.8. The molecule has 0 unspecified atom stereocenters. The van der Waals surface area contributed by atoms with Gasteiger partial charge in [-0.1, -0.05) is 29.3 Å². The molecule has 0 fully saturated rings. The first-order valence-electron chi connectivity index (χ1n) is 5.21. The Kier molecular flexibility index (Phi) is 4.59. The van der Waals surface area contributed by atoms with Crippen molar-refractivity contribution < 1.29 is 14.7 Å². The van der Waals surface area contributed by atoms with Crippen LogP contribution < -0.4 is 5.32 Å². The van der Waals surface area contributed by atoms with Gasteiger partial charge in [-0.3, -0.25) is 9.59 Å². The Morgan fingerprint density at radius 3 is 2.50 bits per heavy atom. The average molecular weight is 290 g/mol. The van der Waals surface area contributed by atoms with Crippen LogP contribution in [0.15, 0.2) is 18.2 Å². The Labute approximate surface area is 115 Å². The highest BCUT2D eigenvalue weighted by atomic mass is 35.5. The maximum absolute atomic E-state index is 11.7. The van der Waals surface area contributed by atoms with Crippen molar-refractivity contribution >= 4 is 40.8 Å². The second-order valence-corrected chi connectivity index (χ2v) is 5.30. The fraction of sp³-hybridized carbons (Fsp3) is 0.333. The molecule has 0 aliphatic heterocycles. The van der Waals surface area contributed by atoms with Crippen LogP contribution in [0, 0.1) is 5.41 Å². The van der Waals surface area contributed by atoms with Gasteiger partial charge in [0.25, 0.3) is 0 Å². The van der Waals surface area contributed by atoms with Gasteiger partial charge in [0.05, 0.1) is 21.1 Å². The third kappa shape index (κ3) is 3.62. The molecule has 4 nitrogen and oxygen atoms in total. The molecule has 0 atom stereocenters. The van der Waals surface area contributed by atoms with E-state index in [4.69, 9.17) is 28.3 Å². The van der Waals surface area contributed by atoms with Crippen molar-refractivity contribution in [3.05, 3.63) is 28.2 Å². The highest BCUT2D eigenvalue weighted by Gasteiger charge is 2.30. The number of anilines is 1. The van der Waals surface area contributed by atoms with Crippen molar-refractivity contribution in [2.45, 2.75) is 20.3 Å². The lowest BCUT2D eigenvalue weighted by Crippen LogP contribution is -2.29.